The quantitative estimate of drug-likeness (QED) is 0.761. The van der Waals surface area contributed by atoms with Crippen LogP contribution in [0.25, 0.3) is 0 Å². The molecule has 0 aliphatic heterocycles. The van der Waals surface area contributed by atoms with Crippen molar-refractivity contribution in [3.63, 3.8) is 0 Å². The van der Waals surface area contributed by atoms with E-state index in [1.165, 1.54) is 0 Å². The number of benzene rings is 1. The number of anilines is 1. The van der Waals surface area contributed by atoms with Gasteiger partial charge in [-0.2, -0.15) is 0 Å². The van der Waals surface area contributed by atoms with E-state index in [0.29, 0.717) is 10.0 Å². The number of nitrogens with one attached hydrogen (secondary N) is 1. The fourth-order valence-electron chi connectivity index (χ4n) is 1.64. The molecule has 1 atom stereocenters. The van der Waals surface area contributed by atoms with E-state index in [4.69, 9.17) is 23.2 Å². The zero-order valence-electron chi connectivity index (χ0n) is 9.62. The third kappa shape index (κ3) is 3.16. The Kier molecular flexibility index (Phi) is 4.49. The average molecular weight is 346 g/mol. The summed E-state index contributed by atoms with van der Waals surface area (Å²) in [6, 6.07) is 9.51. The molecule has 2 rings (SSSR count). The van der Waals surface area contributed by atoms with Crippen LogP contribution in [-0.2, 0) is 0 Å². The van der Waals surface area contributed by atoms with Gasteiger partial charge in [-0.15, -0.1) is 0 Å². The van der Waals surface area contributed by atoms with Gasteiger partial charge in [0.05, 0.1) is 28.0 Å². The standard InChI is InChI=1S/C13H11BrCl2N2/c1-8(10-3-2-4-11(15)13(10)16)18-9-5-6-12(14)17-7-9/h2-8,18H,1H3. The van der Waals surface area contributed by atoms with E-state index in [9.17, 15) is 0 Å². The normalized spacial score (nSPS) is 12.2. The lowest BCUT2D eigenvalue weighted by Crippen LogP contribution is -2.07. The Morgan fingerprint density at radius 3 is 2.67 bits per heavy atom. The zero-order chi connectivity index (χ0) is 13.1. The molecule has 5 heteroatoms. The van der Waals surface area contributed by atoms with Gasteiger partial charge in [-0.05, 0) is 46.6 Å². The first-order chi connectivity index (χ1) is 8.58. The fraction of sp³-hybridized carbons (Fsp3) is 0.154. The van der Waals surface area contributed by atoms with Gasteiger partial charge in [0.1, 0.15) is 4.60 Å². The average Bonchev–Trinajstić information content (AvgIpc) is 2.35. The molecule has 0 fully saturated rings. The maximum atomic E-state index is 6.18. The van der Waals surface area contributed by atoms with Crippen LogP contribution in [0.3, 0.4) is 0 Å². The lowest BCUT2D eigenvalue weighted by atomic mass is 10.1. The number of aromatic nitrogens is 1. The molecule has 2 nitrogen and oxygen atoms in total. The fourth-order valence-corrected chi connectivity index (χ4v) is 2.35. The number of halogens is 3. The minimum atomic E-state index is 0.0548. The molecule has 0 spiro atoms. The summed E-state index contributed by atoms with van der Waals surface area (Å²) in [5, 5.41) is 4.48. The molecule has 94 valence electrons. The Bertz CT molecular complexity index is 543. The smallest absolute Gasteiger partial charge is 0.106 e. The third-order valence-corrected chi connectivity index (χ3v) is 3.86. The van der Waals surface area contributed by atoms with Crippen molar-refractivity contribution in [2.24, 2.45) is 0 Å². The van der Waals surface area contributed by atoms with Crippen LogP contribution in [0, 0.1) is 0 Å². The van der Waals surface area contributed by atoms with E-state index < -0.39 is 0 Å². The summed E-state index contributed by atoms with van der Waals surface area (Å²) in [5.74, 6) is 0. The summed E-state index contributed by atoms with van der Waals surface area (Å²) in [4.78, 5) is 4.16. The second kappa shape index (κ2) is 5.91. The summed E-state index contributed by atoms with van der Waals surface area (Å²) in [6.45, 7) is 2.03. The van der Waals surface area contributed by atoms with E-state index in [-0.39, 0.29) is 6.04 Å². The maximum absolute atomic E-state index is 6.18. The van der Waals surface area contributed by atoms with Gasteiger partial charge in [0.15, 0.2) is 0 Å². The molecule has 0 aliphatic carbocycles. The van der Waals surface area contributed by atoms with Gasteiger partial charge in [0.25, 0.3) is 0 Å². The highest BCUT2D eigenvalue weighted by atomic mass is 79.9. The number of hydrogen-bond acceptors (Lipinski definition) is 2. The van der Waals surface area contributed by atoms with Gasteiger partial charge in [-0.1, -0.05) is 35.3 Å². The molecule has 0 bridgehead atoms. The summed E-state index contributed by atoms with van der Waals surface area (Å²) in [5.41, 5.74) is 1.90. The van der Waals surface area contributed by atoms with E-state index >= 15 is 0 Å². The minimum Gasteiger partial charge on any atom is -0.377 e. The van der Waals surface area contributed by atoms with E-state index in [0.717, 1.165) is 15.9 Å². The predicted molar refractivity (Wildman–Crippen MR) is 80.4 cm³/mol. The predicted octanol–water partition coefficient (Wildman–Crippen LogP) is 5.32. The maximum Gasteiger partial charge on any atom is 0.106 e. The van der Waals surface area contributed by atoms with Gasteiger partial charge in [0.2, 0.25) is 0 Å². The van der Waals surface area contributed by atoms with Gasteiger partial charge >= 0.3 is 0 Å². The van der Waals surface area contributed by atoms with Crippen molar-refractivity contribution in [1.29, 1.82) is 0 Å². The zero-order valence-corrected chi connectivity index (χ0v) is 12.7. The van der Waals surface area contributed by atoms with Crippen LogP contribution in [-0.4, -0.2) is 4.98 Å². The van der Waals surface area contributed by atoms with Gasteiger partial charge in [0, 0.05) is 0 Å². The largest absolute Gasteiger partial charge is 0.377 e. The second-order valence-corrected chi connectivity index (χ2v) is 5.48. The van der Waals surface area contributed by atoms with Crippen molar-refractivity contribution in [2.75, 3.05) is 5.32 Å². The van der Waals surface area contributed by atoms with Gasteiger partial charge in [-0.25, -0.2) is 4.98 Å². The molecule has 0 aliphatic rings. The molecular weight excluding hydrogens is 335 g/mol. The van der Waals surface area contributed by atoms with Crippen LogP contribution in [0.1, 0.15) is 18.5 Å². The Morgan fingerprint density at radius 2 is 2.00 bits per heavy atom. The first kappa shape index (κ1) is 13.7. The highest BCUT2D eigenvalue weighted by Gasteiger charge is 2.11. The van der Waals surface area contributed by atoms with Crippen molar-refractivity contribution in [3.05, 3.63) is 56.7 Å². The summed E-state index contributed by atoms with van der Waals surface area (Å²) in [7, 11) is 0. The molecule has 1 heterocycles. The molecular formula is C13H11BrCl2N2. The van der Waals surface area contributed by atoms with Crippen LogP contribution in [0.5, 0.6) is 0 Å². The van der Waals surface area contributed by atoms with E-state index in [1.54, 1.807) is 12.3 Å². The topological polar surface area (TPSA) is 24.9 Å². The first-order valence-corrected chi connectivity index (χ1v) is 6.95. The van der Waals surface area contributed by atoms with Crippen molar-refractivity contribution in [2.45, 2.75) is 13.0 Å². The molecule has 0 saturated carbocycles. The monoisotopic (exact) mass is 344 g/mol. The number of nitrogens with zero attached hydrogens (tertiary/aromatic N) is 1. The molecule has 1 aromatic heterocycles. The Balaban J connectivity index is 2.19. The Labute approximate surface area is 124 Å². The van der Waals surface area contributed by atoms with Crippen molar-refractivity contribution in [3.8, 4) is 0 Å². The van der Waals surface area contributed by atoms with Crippen molar-refractivity contribution >= 4 is 44.8 Å². The lowest BCUT2D eigenvalue weighted by Gasteiger charge is -2.17. The molecule has 0 saturated heterocycles. The van der Waals surface area contributed by atoms with E-state index in [1.807, 2.05) is 31.2 Å². The minimum absolute atomic E-state index is 0.0548. The third-order valence-electron chi connectivity index (χ3n) is 2.56. The number of rotatable bonds is 3. The van der Waals surface area contributed by atoms with Gasteiger partial charge < -0.3 is 5.32 Å². The van der Waals surface area contributed by atoms with Crippen LogP contribution in [0.15, 0.2) is 41.1 Å². The highest BCUT2D eigenvalue weighted by Crippen LogP contribution is 2.31. The van der Waals surface area contributed by atoms with Crippen LogP contribution in [0.4, 0.5) is 5.69 Å². The van der Waals surface area contributed by atoms with Gasteiger partial charge in [-0.3, -0.25) is 0 Å². The summed E-state index contributed by atoms with van der Waals surface area (Å²) < 4.78 is 0.807. The summed E-state index contributed by atoms with van der Waals surface area (Å²) >= 11 is 15.5. The van der Waals surface area contributed by atoms with E-state index in [2.05, 4.69) is 26.2 Å². The SMILES string of the molecule is CC(Nc1ccc(Br)nc1)c1cccc(Cl)c1Cl. The second-order valence-electron chi connectivity index (χ2n) is 3.88. The molecule has 2 aromatic rings. The summed E-state index contributed by atoms with van der Waals surface area (Å²) in [6.07, 6.45) is 1.76. The highest BCUT2D eigenvalue weighted by molar-refractivity contribution is 9.10. The van der Waals surface area contributed by atoms with Crippen LogP contribution < -0.4 is 5.32 Å². The van der Waals surface area contributed by atoms with Crippen molar-refractivity contribution < 1.29 is 0 Å². The Morgan fingerprint density at radius 1 is 1.22 bits per heavy atom. The Hall–Kier alpha value is -0.770. The van der Waals surface area contributed by atoms with Crippen LogP contribution >= 0.6 is 39.1 Å². The van der Waals surface area contributed by atoms with Crippen LogP contribution in [0.2, 0.25) is 10.0 Å². The molecule has 0 radical (unpaired) electrons. The molecule has 0 amide bonds. The molecule has 1 N–H and O–H groups in total. The number of pyridine rings is 1. The van der Waals surface area contributed by atoms with Crippen molar-refractivity contribution in [1.82, 2.24) is 4.98 Å². The molecule has 1 unspecified atom stereocenters. The lowest BCUT2D eigenvalue weighted by molar-refractivity contribution is 0.883. The first-order valence-electron chi connectivity index (χ1n) is 5.40. The molecule has 1 aromatic carbocycles. The number of hydrogen-bond donors (Lipinski definition) is 1. The molecule has 18 heavy (non-hydrogen) atoms.